The third-order valence-electron chi connectivity index (χ3n) is 2.84. The summed E-state index contributed by atoms with van der Waals surface area (Å²) in [6, 6.07) is 6.26. The lowest BCUT2D eigenvalue weighted by Crippen LogP contribution is -1.98. The highest BCUT2D eigenvalue weighted by Crippen LogP contribution is 2.24. The van der Waals surface area contributed by atoms with Crippen molar-refractivity contribution in [2.45, 2.75) is 27.3 Å². The van der Waals surface area contributed by atoms with Gasteiger partial charge in [0.15, 0.2) is 6.29 Å². The Morgan fingerprint density at radius 1 is 1.27 bits per heavy atom. The number of carbonyl (C=O) groups is 1. The zero-order valence-corrected chi connectivity index (χ0v) is 9.37. The predicted octanol–water partition coefficient (Wildman–Crippen LogP) is 3.09. The largest absolute Gasteiger partial charge is 0.339 e. The zero-order chi connectivity index (χ0) is 11.0. The van der Waals surface area contributed by atoms with E-state index in [0.29, 0.717) is 0 Å². The molecule has 2 heteroatoms. The molecule has 1 aromatic carbocycles. The predicted molar refractivity (Wildman–Crippen MR) is 62.5 cm³/mol. The molecule has 0 unspecified atom stereocenters. The summed E-state index contributed by atoms with van der Waals surface area (Å²) in [7, 11) is 0. The lowest BCUT2D eigenvalue weighted by Gasteiger charge is -2.05. The Labute approximate surface area is 89.5 Å². The standard InChI is InChI=1S/C13H15NO/c1-4-14-11(8-15)7-12-10(3)5-9(2)6-13(12)14/h5-8H,4H2,1-3H3. The Hall–Kier alpha value is -1.57. The molecular formula is C13H15NO. The molecule has 0 radical (unpaired) electrons. The summed E-state index contributed by atoms with van der Waals surface area (Å²) in [6.45, 7) is 7.06. The van der Waals surface area contributed by atoms with Crippen molar-refractivity contribution in [3.05, 3.63) is 35.0 Å². The number of nitrogens with zero attached hydrogens (tertiary/aromatic N) is 1. The Kier molecular flexibility index (Phi) is 2.35. The molecule has 1 heterocycles. The number of carbonyl (C=O) groups excluding carboxylic acids is 1. The van der Waals surface area contributed by atoms with E-state index in [1.54, 1.807) is 0 Å². The highest BCUT2D eigenvalue weighted by molar-refractivity contribution is 5.91. The van der Waals surface area contributed by atoms with Gasteiger partial charge in [-0.15, -0.1) is 0 Å². The Balaban J connectivity index is 2.88. The smallest absolute Gasteiger partial charge is 0.166 e. The summed E-state index contributed by atoms with van der Waals surface area (Å²) in [5.41, 5.74) is 4.41. The average molecular weight is 201 g/mol. The minimum atomic E-state index is 0.765. The number of fused-ring (bicyclic) bond motifs is 1. The average Bonchev–Trinajstić information content (AvgIpc) is 2.55. The molecule has 0 saturated heterocycles. The lowest BCUT2D eigenvalue weighted by atomic mass is 10.1. The summed E-state index contributed by atoms with van der Waals surface area (Å²) in [6.07, 6.45) is 0.929. The first kappa shape index (κ1) is 9.97. The SMILES string of the molecule is CCn1c(C=O)cc2c(C)cc(C)cc21. The number of benzene rings is 1. The first-order valence-corrected chi connectivity index (χ1v) is 5.23. The van der Waals surface area contributed by atoms with Crippen molar-refractivity contribution >= 4 is 17.2 Å². The van der Waals surface area contributed by atoms with E-state index in [0.717, 1.165) is 24.0 Å². The third kappa shape index (κ3) is 1.46. The molecule has 15 heavy (non-hydrogen) atoms. The molecule has 0 saturated carbocycles. The van der Waals surface area contributed by atoms with Crippen molar-refractivity contribution in [3.63, 3.8) is 0 Å². The van der Waals surface area contributed by atoms with Crippen molar-refractivity contribution < 1.29 is 4.79 Å². The molecule has 2 aromatic rings. The zero-order valence-electron chi connectivity index (χ0n) is 9.37. The quantitative estimate of drug-likeness (QED) is 0.684. The fourth-order valence-corrected chi connectivity index (χ4v) is 2.18. The molecule has 2 rings (SSSR count). The minimum Gasteiger partial charge on any atom is -0.339 e. The molecule has 2 nitrogen and oxygen atoms in total. The van der Waals surface area contributed by atoms with E-state index < -0.39 is 0 Å². The summed E-state index contributed by atoms with van der Waals surface area (Å²) < 4.78 is 2.06. The third-order valence-corrected chi connectivity index (χ3v) is 2.84. The van der Waals surface area contributed by atoms with Gasteiger partial charge in [-0.1, -0.05) is 6.07 Å². The maximum Gasteiger partial charge on any atom is 0.166 e. The second-order valence-corrected chi connectivity index (χ2v) is 3.95. The molecule has 1 aromatic heterocycles. The van der Waals surface area contributed by atoms with E-state index in [2.05, 4.69) is 37.5 Å². The normalized spacial score (nSPS) is 10.9. The highest BCUT2D eigenvalue weighted by atomic mass is 16.1. The van der Waals surface area contributed by atoms with Crippen LogP contribution < -0.4 is 0 Å². The van der Waals surface area contributed by atoms with Gasteiger partial charge in [0.25, 0.3) is 0 Å². The molecular weight excluding hydrogens is 186 g/mol. The molecule has 0 aliphatic rings. The van der Waals surface area contributed by atoms with Gasteiger partial charge < -0.3 is 4.57 Å². The van der Waals surface area contributed by atoms with Gasteiger partial charge in [-0.25, -0.2) is 0 Å². The van der Waals surface area contributed by atoms with Crippen molar-refractivity contribution in [1.29, 1.82) is 0 Å². The van der Waals surface area contributed by atoms with Gasteiger partial charge in [0.2, 0.25) is 0 Å². The number of hydrogen-bond acceptors (Lipinski definition) is 1. The monoisotopic (exact) mass is 201 g/mol. The van der Waals surface area contributed by atoms with Crippen LogP contribution in [0.15, 0.2) is 18.2 Å². The van der Waals surface area contributed by atoms with Crippen LogP contribution in [0.4, 0.5) is 0 Å². The molecule has 0 bridgehead atoms. The van der Waals surface area contributed by atoms with Gasteiger partial charge >= 0.3 is 0 Å². The maximum atomic E-state index is 10.9. The lowest BCUT2D eigenvalue weighted by molar-refractivity contribution is 0.111. The maximum absolute atomic E-state index is 10.9. The number of hydrogen-bond donors (Lipinski definition) is 0. The van der Waals surface area contributed by atoms with Crippen molar-refractivity contribution in [2.75, 3.05) is 0 Å². The molecule has 0 amide bonds. The Morgan fingerprint density at radius 2 is 2.00 bits per heavy atom. The van der Waals surface area contributed by atoms with Gasteiger partial charge in [-0.05, 0) is 44.0 Å². The van der Waals surface area contributed by atoms with Crippen LogP contribution in [-0.4, -0.2) is 10.9 Å². The van der Waals surface area contributed by atoms with Gasteiger partial charge in [-0.3, -0.25) is 4.79 Å². The van der Waals surface area contributed by atoms with Crippen molar-refractivity contribution in [1.82, 2.24) is 4.57 Å². The van der Waals surface area contributed by atoms with Crippen LogP contribution in [0.1, 0.15) is 28.5 Å². The van der Waals surface area contributed by atoms with E-state index in [-0.39, 0.29) is 0 Å². The number of aromatic nitrogens is 1. The fraction of sp³-hybridized carbons (Fsp3) is 0.308. The molecule has 0 aliphatic carbocycles. The molecule has 0 fully saturated rings. The van der Waals surface area contributed by atoms with Gasteiger partial charge in [0.1, 0.15) is 0 Å². The second kappa shape index (κ2) is 3.54. The summed E-state index contributed by atoms with van der Waals surface area (Å²) in [5, 5.41) is 1.18. The number of aldehydes is 1. The fourth-order valence-electron chi connectivity index (χ4n) is 2.18. The summed E-state index contributed by atoms with van der Waals surface area (Å²) >= 11 is 0. The number of aryl methyl sites for hydroxylation is 3. The molecule has 0 spiro atoms. The van der Waals surface area contributed by atoms with Crippen LogP contribution >= 0.6 is 0 Å². The van der Waals surface area contributed by atoms with Crippen LogP contribution in [0.5, 0.6) is 0 Å². The van der Waals surface area contributed by atoms with Crippen LogP contribution in [0.25, 0.3) is 10.9 Å². The van der Waals surface area contributed by atoms with Gasteiger partial charge in [-0.2, -0.15) is 0 Å². The van der Waals surface area contributed by atoms with Crippen LogP contribution in [-0.2, 0) is 6.54 Å². The summed E-state index contributed by atoms with van der Waals surface area (Å²) in [4.78, 5) is 10.9. The number of rotatable bonds is 2. The van der Waals surface area contributed by atoms with E-state index >= 15 is 0 Å². The van der Waals surface area contributed by atoms with Crippen molar-refractivity contribution in [2.24, 2.45) is 0 Å². The van der Waals surface area contributed by atoms with E-state index in [9.17, 15) is 4.79 Å². The van der Waals surface area contributed by atoms with E-state index in [1.165, 1.54) is 16.5 Å². The minimum absolute atomic E-state index is 0.765. The van der Waals surface area contributed by atoms with E-state index in [4.69, 9.17) is 0 Å². The molecule has 0 N–H and O–H groups in total. The topological polar surface area (TPSA) is 22.0 Å². The van der Waals surface area contributed by atoms with Crippen molar-refractivity contribution in [3.8, 4) is 0 Å². The molecule has 0 aliphatic heterocycles. The highest BCUT2D eigenvalue weighted by Gasteiger charge is 2.08. The second-order valence-electron chi connectivity index (χ2n) is 3.95. The Morgan fingerprint density at radius 3 is 2.60 bits per heavy atom. The first-order valence-electron chi connectivity index (χ1n) is 5.23. The molecule has 78 valence electrons. The van der Waals surface area contributed by atoms with Gasteiger partial charge in [0.05, 0.1) is 5.69 Å². The first-order chi connectivity index (χ1) is 7.17. The van der Waals surface area contributed by atoms with Crippen LogP contribution in [0.3, 0.4) is 0 Å². The summed E-state index contributed by atoms with van der Waals surface area (Å²) in [5.74, 6) is 0. The van der Waals surface area contributed by atoms with Crippen LogP contribution in [0, 0.1) is 13.8 Å². The molecule has 0 atom stereocenters. The van der Waals surface area contributed by atoms with Crippen LogP contribution in [0.2, 0.25) is 0 Å². The van der Waals surface area contributed by atoms with Gasteiger partial charge in [0, 0.05) is 17.4 Å². The van der Waals surface area contributed by atoms with E-state index in [1.807, 2.05) is 6.07 Å². The Bertz CT molecular complexity index is 523.